The number of rotatable bonds is 5. The van der Waals surface area contributed by atoms with E-state index in [0.717, 1.165) is 0 Å². The highest BCUT2D eigenvalue weighted by molar-refractivity contribution is 5.89. The summed E-state index contributed by atoms with van der Waals surface area (Å²) in [5.41, 5.74) is -0.0482. The van der Waals surface area contributed by atoms with E-state index in [1.807, 2.05) is 0 Å². The van der Waals surface area contributed by atoms with Crippen LogP contribution in [0.3, 0.4) is 0 Å². The summed E-state index contributed by atoms with van der Waals surface area (Å²) in [5.74, 6) is -2.58. The highest BCUT2D eigenvalue weighted by atomic mass is 16.7. The minimum absolute atomic E-state index is 0.0877. The van der Waals surface area contributed by atoms with Gasteiger partial charge in [0.05, 0.1) is 7.11 Å². The fraction of sp³-hybridized carbons (Fsp3) is 0.273. The lowest BCUT2D eigenvalue weighted by Crippen LogP contribution is -2.61. The number of aromatic hydroxyl groups is 1. The molecule has 1 aromatic heterocycles. The number of carboxylic acids is 1. The van der Waals surface area contributed by atoms with E-state index in [0.29, 0.717) is 5.56 Å². The molecule has 1 saturated heterocycles. The summed E-state index contributed by atoms with van der Waals surface area (Å²) in [4.78, 5) is 24.0. The van der Waals surface area contributed by atoms with Crippen LogP contribution in [-0.2, 0) is 9.53 Å². The van der Waals surface area contributed by atoms with Gasteiger partial charge in [0.2, 0.25) is 12.0 Å². The number of ether oxygens (including phenoxy) is 3. The van der Waals surface area contributed by atoms with Gasteiger partial charge in [-0.15, -0.1) is 0 Å². The van der Waals surface area contributed by atoms with E-state index >= 15 is 0 Å². The molecule has 0 radical (unpaired) electrons. The van der Waals surface area contributed by atoms with Crippen molar-refractivity contribution in [2.75, 3.05) is 7.11 Å². The number of phenolic OH excluding ortho intramolecular Hbond substituents is 1. The fourth-order valence-corrected chi connectivity index (χ4v) is 3.57. The maximum Gasteiger partial charge on any atom is 0.335 e. The number of aliphatic carboxylic acids is 1. The maximum absolute atomic E-state index is 12.7. The van der Waals surface area contributed by atoms with Gasteiger partial charge < -0.3 is 44.2 Å². The average molecular weight is 460 g/mol. The third-order valence-corrected chi connectivity index (χ3v) is 5.23. The molecule has 1 aliphatic heterocycles. The summed E-state index contributed by atoms with van der Waals surface area (Å²) in [6.45, 7) is 0. The van der Waals surface area contributed by atoms with E-state index in [-0.39, 0.29) is 28.2 Å². The highest BCUT2D eigenvalue weighted by Crippen LogP contribution is 2.43. The van der Waals surface area contributed by atoms with Crippen molar-refractivity contribution in [1.82, 2.24) is 0 Å². The predicted octanol–water partition coefficient (Wildman–Crippen LogP) is 0.445. The second-order valence-corrected chi connectivity index (χ2v) is 7.32. The Labute approximate surface area is 185 Å². The molecule has 0 amide bonds. The minimum Gasteiger partial charge on any atom is -0.504 e. The summed E-state index contributed by atoms with van der Waals surface area (Å²) in [5, 5.41) is 49.7. The quantitative estimate of drug-likeness (QED) is 0.357. The Hall–Kier alpha value is -3.64. The van der Waals surface area contributed by atoms with Gasteiger partial charge in [-0.1, -0.05) is 30.3 Å². The SMILES string of the molecule is COc1c(O[C@H]2O[C@H](C(=O)O)[C@@H](O)[C@H](O)[C@H]2O)cc2oc(-c3ccccc3)cc(=O)c2c1O. The molecule has 5 atom stereocenters. The maximum atomic E-state index is 12.7. The number of aliphatic hydroxyl groups excluding tert-OH is 3. The number of benzene rings is 2. The number of carbonyl (C=O) groups is 1. The summed E-state index contributed by atoms with van der Waals surface area (Å²) in [7, 11) is 1.19. The van der Waals surface area contributed by atoms with Gasteiger partial charge in [-0.05, 0) is 0 Å². The Morgan fingerprint density at radius 1 is 1.03 bits per heavy atom. The molecule has 11 nitrogen and oxygen atoms in total. The summed E-state index contributed by atoms with van der Waals surface area (Å²) in [6, 6.07) is 11.1. The van der Waals surface area contributed by atoms with Crippen molar-refractivity contribution in [3.63, 3.8) is 0 Å². The molecule has 11 heteroatoms. The molecular formula is C22H20O11. The van der Waals surface area contributed by atoms with Crippen LogP contribution in [0.1, 0.15) is 0 Å². The molecule has 174 valence electrons. The number of fused-ring (bicyclic) bond motifs is 1. The molecule has 33 heavy (non-hydrogen) atoms. The Morgan fingerprint density at radius 2 is 1.73 bits per heavy atom. The molecule has 4 rings (SSSR count). The molecule has 0 bridgehead atoms. The first-order chi connectivity index (χ1) is 15.7. The second kappa shape index (κ2) is 8.71. The lowest BCUT2D eigenvalue weighted by atomic mass is 9.99. The van der Waals surface area contributed by atoms with Crippen LogP contribution in [0, 0.1) is 0 Å². The molecule has 5 N–H and O–H groups in total. The molecule has 1 fully saturated rings. The average Bonchev–Trinajstić information content (AvgIpc) is 2.79. The fourth-order valence-electron chi connectivity index (χ4n) is 3.57. The number of phenols is 1. The van der Waals surface area contributed by atoms with Crippen LogP contribution in [0.15, 0.2) is 51.7 Å². The van der Waals surface area contributed by atoms with Gasteiger partial charge in [0.25, 0.3) is 0 Å². The van der Waals surface area contributed by atoms with Crippen LogP contribution in [0.25, 0.3) is 22.3 Å². The summed E-state index contributed by atoms with van der Waals surface area (Å²) in [6.07, 6.45) is -9.31. The Kier molecular flexibility index (Phi) is 5.95. The van der Waals surface area contributed by atoms with Gasteiger partial charge in [-0.3, -0.25) is 4.79 Å². The normalized spacial score (nSPS) is 25.0. The zero-order valence-corrected chi connectivity index (χ0v) is 17.1. The molecular weight excluding hydrogens is 440 g/mol. The number of aliphatic hydroxyl groups is 3. The van der Waals surface area contributed by atoms with Crippen molar-refractivity contribution in [3.05, 3.63) is 52.7 Å². The smallest absolute Gasteiger partial charge is 0.335 e. The van der Waals surface area contributed by atoms with E-state index in [2.05, 4.69) is 0 Å². The van der Waals surface area contributed by atoms with E-state index < -0.39 is 47.9 Å². The van der Waals surface area contributed by atoms with Crippen LogP contribution < -0.4 is 14.9 Å². The number of methoxy groups -OCH3 is 1. The molecule has 1 aliphatic rings. The van der Waals surface area contributed by atoms with Gasteiger partial charge in [-0.2, -0.15) is 0 Å². The Bertz CT molecular complexity index is 1240. The van der Waals surface area contributed by atoms with Crippen molar-refractivity contribution in [1.29, 1.82) is 0 Å². The second-order valence-electron chi connectivity index (χ2n) is 7.32. The van der Waals surface area contributed by atoms with E-state index in [1.54, 1.807) is 30.3 Å². The third kappa shape index (κ3) is 3.98. The first kappa shape index (κ1) is 22.6. The van der Waals surface area contributed by atoms with E-state index in [4.69, 9.17) is 18.6 Å². The van der Waals surface area contributed by atoms with Gasteiger partial charge in [0, 0.05) is 17.7 Å². The topological polar surface area (TPSA) is 176 Å². The van der Waals surface area contributed by atoms with E-state index in [1.165, 1.54) is 19.2 Å². The molecule has 3 aromatic rings. The van der Waals surface area contributed by atoms with Crippen LogP contribution in [0.5, 0.6) is 17.2 Å². The van der Waals surface area contributed by atoms with Crippen LogP contribution in [0.2, 0.25) is 0 Å². The first-order valence-electron chi connectivity index (χ1n) is 9.75. The lowest BCUT2D eigenvalue weighted by molar-refractivity contribution is -0.271. The lowest BCUT2D eigenvalue weighted by Gasteiger charge is -2.38. The van der Waals surface area contributed by atoms with Crippen LogP contribution in [0.4, 0.5) is 0 Å². The predicted molar refractivity (Wildman–Crippen MR) is 111 cm³/mol. The van der Waals surface area contributed by atoms with Gasteiger partial charge >= 0.3 is 5.97 Å². The Balaban J connectivity index is 1.80. The first-order valence-corrected chi connectivity index (χ1v) is 9.75. The monoisotopic (exact) mass is 460 g/mol. The highest BCUT2D eigenvalue weighted by Gasteiger charge is 2.48. The Morgan fingerprint density at radius 3 is 2.36 bits per heavy atom. The van der Waals surface area contributed by atoms with Gasteiger partial charge in [-0.25, -0.2) is 4.79 Å². The third-order valence-electron chi connectivity index (χ3n) is 5.23. The van der Waals surface area contributed by atoms with Crippen molar-refractivity contribution >= 4 is 16.9 Å². The molecule has 2 heterocycles. The molecule has 0 saturated carbocycles. The molecule has 0 unspecified atom stereocenters. The van der Waals surface area contributed by atoms with Crippen molar-refractivity contribution in [2.24, 2.45) is 0 Å². The number of hydrogen-bond donors (Lipinski definition) is 5. The summed E-state index contributed by atoms with van der Waals surface area (Å²) >= 11 is 0. The number of hydrogen-bond acceptors (Lipinski definition) is 10. The van der Waals surface area contributed by atoms with Crippen LogP contribution >= 0.6 is 0 Å². The molecule has 0 aliphatic carbocycles. The zero-order valence-electron chi connectivity index (χ0n) is 17.1. The van der Waals surface area contributed by atoms with Gasteiger partial charge in [0.15, 0.2) is 23.0 Å². The van der Waals surface area contributed by atoms with Crippen LogP contribution in [-0.4, -0.2) is 69.3 Å². The van der Waals surface area contributed by atoms with Gasteiger partial charge in [0.1, 0.15) is 35.0 Å². The minimum atomic E-state index is -1.91. The zero-order chi connectivity index (χ0) is 23.9. The molecule has 2 aromatic carbocycles. The van der Waals surface area contributed by atoms with Crippen molar-refractivity contribution in [2.45, 2.75) is 30.7 Å². The van der Waals surface area contributed by atoms with Crippen molar-refractivity contribution in [3.8, 4) is 28.6 Å². The summed E-state index contributed by atoms with van der Waals surface area (Å²) < 4.78 is 21.5. The standard InChI is InChI=1S/C22H20O11/c1-30-19-13(32-22-18(27)16(25)17(26)20(33-22)21(28)29)8-12-14(15(19)24)10(23)7-11(31-12)9-5-3-2-4-6-9/h2-8,16-18,20,22,24-27H,1H3,(H,28,29)/t16-,17-,18+,20-,22-/m0/s1. The number of carboxylic acid groups (broad SMARTS) is 1. The largest absolute Gasteiger partial charge is 0.504 e. The van der Waals surface area contributed by atoms with E-state index in [9.17, 15) is 35.1 Å². The molecule has 0 spiro atoms. The van der Waals surface area contributed by atoms with Crippen molar-refractivity contribution < 1.29 is 49.0 Å².